The lowest BCUT2D eigenvalue weighted by Gasteiger charge is -2.24. The van der Waals surface area contributed by atoms with Crippen molar-refractivity contribution in [3.8, 4) is 0 Å². The van der Waals surface area contributed by atoms with Crippen molar-refractivity contribution in [3.05, 3.63) is 158 Å². The summed E-state index contributed by atoms with van der Waals surface area (Å²) >= 11 is 0. The first-order chi connectivity index (χ1) is 38.0. The molecule has 0 aliphatic rings. The molecule has 440 valence electrons. The van der Waals surface area contributed by atoms with Gasteiger partial charge in [-0.1, -0.05) is 230 Å². The molecule has 0 bridgehead atoms. The third kappa shape index (κ3) is 60.9. The fourth-order valence-electron chi connectivity index (χ4n) is 7.47. The Bertz CT molecular complexity index is 1870. The van der Waals surface area contributed by atoms with Crippen LogP contribution < -0.4 is 0 Å². The van der Waals surface area contributed by atoms with E-state index in [1.165, 1.54) is 38.5 Å². The second kappa shape index (κ2) is 57.3. The third-order valence-corrected chi connectivity index (χ3v) is 13.0. The highest BCUT2D eigenvalue weighted by Crippen LogP contribution is 2.43. The van der Waals surface area contributed by atoms with Crippen molar-refractivity contribution in [1.29, 1.82) is 0 Å². The van der Waals surface area contributed by atoms with E-state index < -0.39 is 32.5 Å². The quantitative estimate of drug-likeness (QED) is 0.0211. The maximum atomic E-state index is 12.8. The van der Waals surface area contributed by atoms with Crippen molar-refractivity contribution < 1.29 is 42.1 Å². The average Bonchev–Trinajstić information content (AvgIpc) is 3.41. The highest BCUT2D eigenvalue weighted by molar-refractivity contribution is 7.47. The summed E-state index contributed by atoms with van der Waals surface area (Å²) in [4.78, 5) is 35.7. The van der Waals surface area contributed by atoms with Crippen LogP contribution in [0.1, 0.15) is 206 Å². The second-order valence-electron chi connectivity index (χ2n) is 20.6. The standard InChI is InChI=1S/C68H110NO8P/c1-6-8-10-12-14-16-18-20-22-24-26-27-28-29-30-31-32-33-34-35-36-37-38-39-40-41-43-45-47-49-51-53-55-57-59-61-68(71)77-66(65-76-78(72,73)75-63-62-69(3,4)5)64-74-67(70)60-58-56-54-52-50-48-46-44-42-25-23-21-19-17-15-13-11-9-7-2/h8-11,14-17,20-23,26-27,29-30,32-33,35-36,38-39,42,44,48,50,66H,6-7,12-13,18-19,24-25,28,31,34,37,40-41,43,45-47,49,51-65H2,1-5H3/p+1/b10-8-,11-9-,16-14-,17-15-,22-20-,23-21-,27-26-,30-29-,33-32-,36-35-,39-38-,44-42-,50-48-. The number of allylic oxidation sites excluding steroid dienone is 26. The van der Waals surface area contributed by atoms with Gasteiger partial charge in [0.25, 0.3) is 0 Å². The fourth-order valence-corrected chi connectivity index (χ4v) is 8.21. The molecule has 0 rings (SSSR count). The van der Waals surface area contributed by atoms with Gasteiger partial charge >= 0.3 is 19.8 Å². The first kappa shape index (κ1) is 73.6. The van der Waals surface area contributed by atoms with Crippen LogP contribution in [0, 0.1) is 0 Å². The van der Waals surface area contributed by atoms with Gasteiger partial charge in [-0.15, -0.1) is 0 Å². The minimum atomic E-state index is -4.41. The summed E-state index contributed by atoms with van der Waals surface area (Å²) < 4.78 is 34.5. The lowest BCUT2D eigenvalue weighted by molar-refractivity contribution is -0.870. The van der Waals surface area contributed by atoms with Crippen LogP contribution in [0.15, 0.2) is 158 Å². The monoisotopic (exact) mass is 1100 g/mol. The van der Waals surface area contributed by atoms with Crippen LogP contribution in [0.25, 0.3) is 0 Å². The number of quaternary nitrogens is 1. The molecule has 0 aromatic carbocycles. The highest BCUT2D eigenvalue weighted by Gasteiger charge is 2.27. The molecule has 0 fully saturated rings. The van der Waals surface area contributed by atoms with E-state index >= 15 is 0 Å². The van der Waals surface area contributed by atoms with Gasteiger partial charge in [-0.05, 0) is 122 Å². The van der Waals surface area contributed by atoms with Crippen LogP contribution in [0.3, 0.4) is 0 Å². The number of hydrogen-bond acceptors (Lipinski definition) is 7. The Kier molecular flexibility index (Phi) is 54.1. The topological polar surface area (TPSA) is 108 Å². The lowest BCUT2D eigenvalue weighted by Crippen LogP contribution is -2.37. The van der Waals surface area contributed by atoms with Crippen LogP contribution in [-0.4, -0.2) is 74.9 Å². The van der Waals surface area contributed by atoms with Crippen LogP contribution in [0.4, 0.5) is 0 Å². The van der Waals surface area contributed by atoms with Gasteiger partial charge in [0.05, 0.1) is 27.7 Å². The predicted molar refractivity (Wildman–Crippen MR) is 334 cm³/mol. The maximum absolute atomic E-state index is 12.8. The van der Waals surface area contributed by atoms with E-state index in [4.69, 9.17) is 18.5 Å². The number of rotatable bonds is 53. The summed E-state index contributed by atoms with van der Waals surface area (Å²) in [5.74, 6) is -0.853. The minimum absolute atomic E-state index is 0.0163. The molecule has 0 aliphatic carbocycles. The highest BCUT2D eigenvalue weighted by atomic mass is 31.2. The number of carbonyl (C=O) groups is 2. The Labute approximate surface area is 477 Å². The molecule has 78 heavy (non-hydrogen) atoms. The fraction of sp³-hybridized carbons (Fsp3) is 0.588. The zero-order chi connectivity index (χ0) is 57.0. The number of ether oxygens (including phenoxy) is 2. The first-order valence-electron chi connectivity index (χ1n) is 30.2. The smallest absolute Gasteiger partial charge is 0.462 e. The Morgan fingerprint density at radius 2 is 0.692 bits per heavy atom. The minimum Gasteiger partial charge on any atom is -0.462 e. The number of phosphoric acid groups is 1. The molecule has 10 heteroatoms. The largest absolute Gasteiger partial charge is 0.472 e. The molecule has 0 radical (unpaired) electrons. The van der Waals surface area contributed by atoms with Crippen molar-refractivity contribution in [1.82, 2.24) is 0 Å². The second-order valence-corrected chi connectivity index (χ2v) is 22.1. The molecule has 9 nitrogen and oxygen atoms in total. The van der Waals surface area contributed by atoms with Crippen molar-refractivity contribution in [3.63, 3.8) is 0 Å². The normalized spacial score (nSPS) is 14.4. The molecule has 0 heterocycles. The van der Waals surface area contributed by atoms with E-state index in [2.05, 4.69) is 172 Å². The number of nitrogens with zero attached hydrogens (tertiary/aromatic N) is 1. The van der Waals surface area contributed by atoms with E-state index in [-0.39, 0.29) is 26.1 Å². The van der Waals surface area contributed by atoms with Crippen LogP contribution in [0.5, 0.6) is 0 Å². The molecule has 2 atom stereocenters. The van der Waals surface area contributed by atoms with Gasteiger partial charge in [0.1, 0.15) is 19.8 Å². The van der Waals surface area contributed by atoms with E-state index in [1.54, 1.807) is 0 Å². The molecule has 0 spiro atoms. The van der Waals surface area contributed by atoms with Gasteiger partial charge in [0.2, 0.25) is 0 Å². The van der Waals surface area contributed by atoms with Crippen molar-refractivity contribution >= 4 is 19.8 Å². The van der Waals surface area contributed by atoms with E-state index in [9.17, 15) is 19.0 Å². The maximum Gasteiger partial charge on any atom is 0.472 e. The number of likely N-dealkylation sites (N-methyl/N-ethyl adjacent to an activating group) is 1. The van der Waals surface area contributed by atoms with Crippen LogP contribution in [-0.2, 0) is 32.7 Å². The van der Waals surface area contributed by atoms with Gasteiger partial charge in [-0.2, -0.15) is 0 Å². The number of phosphoric ester groups is 1. The van der Waals surface area contributed by atoms with Crippen molar-refractivity contribution in [2.45, 2.75) is 213 Å². The van der Waals surface area contributed by atoms with Gasteiger partial charge in [-0.25, -0.2) is 4.57 Å². The first-order valence-corrected chi connectivity index (χ1v) is 31.7. The van der Waals surface area contributed by atoms with Crippen molar-refractivity contribution in [2.24, 2.45) is 0 Å². The van der Waals surface area contributed by atoms with Gasteiger partial charge < -0.3 is 18.9 Å². The van der Waals surface area contributed by atoms with E-state index in [0.717, 1.165) is 128 Å². The zero-order valence-corrected chi connectivity index (χ0v) is 50.7. The Hall–Kier alpha value is -4.37. The summed E-state index contributed by atoms with van der Waals surface area (Å²) in [6, 6.07) is 0. The molecule has 0 aromatic heterocycles. The summed E-state index contributed by atoms with van der Waals surface area (Å²) in [6.07, 6.45) is 86.0. The SMILES string of the molecule is CC/C=C\C/C=C\C/C=C\C/C=C\C/C=C\C/C=C\C/C=C\C/C=C\CCCCCCCCCCCCC(=O)OC(COC(=O)CCCCC/C=C\C/C=C\C/C=C\C/C=C\C/C=C\CC)COP(=O)(O)OCC[N+](C)(C)C. The van der Waals surface area contributed by atoms with E-state index in [0.29, 0.717) is 23.9 Å². The molecule has 0 saturated heterocycles. The number of esters is 2. The lowest BCUT2D eigenvalue weighted by atomic mass is 10.0. The molecular formula is C68H111NO8P+. The molecule has 0 aromatic rings. The Morgan fingerprint density at radius 3 is 1.04 bits per heavy atom. The number of unbranched alkanes of at least 4 members (excludes halogenated alkanes) is 13. The molecule has 0 amide bonds. The zero-order valence-electron chi connectivity index (χ0n) is 49.8. The molecule has 2 unspecified atom stereocenters. The summed E-state index contributed by atoms with van der Waals surface area (Å²) in [5.41, 5.74) is 0. The van der Waals surface area contributed by atoms with Gasteiger partial charge in [0.15, 0.2) is 6.10 Å². The number of hydrogen-bond donors (Lipinski definition) is 1. The van der Waals surface area contributed by atoms with E-state index in [1.807, 2.05) is 21.1 Å². The van der Waals surface area contributed by atoms with Gasteiger partial charge in [0, 0.05) is 12.8 Å². The molecule has 0 aliphatic heterocycles. The summed E-state index contributed by atoms with van der Waals surface area (Å²) in [7, 11) is 1.43. The summed E-state index contributed by atoms with van der Waals surface area (Å²) in [5, 5.41) is 0. The summed E-state index contributed by atoms with van der Waals surface area (Å²) in [6.45, 7) is 4.13. The molecule has 0 saturated carbocycles. The average molecular weight is 1100 g/mol. The third-order valence-electron chi connectivity index (χ3n) is 12.1. The van der Waals surface area contributed by atoms with Crippen LogP contribution in [0.2, 0.25) is 0 Å². The van der Waals surface area contributed by atoms with Crippen LogP contribution >= 0.6 is 7.82 Å². The Balaban J connectivity index is 4.21. The Morgan fingerprint density at radius 1 is 0.397 bits per heavy atom. The molecule has 1 N–H and O–H groups in total. The van der Waals surface area contributed by atoms with Gasteiger partial charge in [-0.3, -0.25) is 18.6 Å². The van der Waals surface area contributed by atoms with Crippen molar-refractivity contribution in [2.75, 3.05) is 47.5 Å². The predicted octanol–water partition coefficient (Wildman–Crippen LogP) is 19.3. The number of carbonyl (C=O) groups excluding carboxylic acids is 2. The molecular weight excluding hydrogens is 990 g/mol.